The number of ether oxygens (including phenoxy) is 4. The summed E-state index contributed by atoms with van der Waals surface area (Å²) >= 11 is 0. The van der Waals surface area contributed by atoms with E-state index >= 15 is 0 Å². The molecule has 0 fully saturated rings. The second-order valence-corrected chi connectivity index (χ2v) is 6.83. The lowest BCUT2D eigenvalue weighted by molar-refractivity contribution is 0.173. The van der Waals surface area contributed by atoms with Crippen LogP contribution in [0.2, 0.25) is 0 Å². The molecule has 2 aromatic rings. The predicted molar refractivity (Wildman–Crippen MR) is 99.4 cm³/mol. The third kappa shape index (κ3) is 2.67. The van der Waals surface area contributed by atoms with E-state index < -0.39 is 0 Å². The molecule has 1 atom stereocenters. The quantitative estimate of drug-likeness (QED) is 0.836. The van der Waals surface area contributed by atoms with Gasteiger partial charge in [-0.1, -0.05) is 13.0 Å². The molecule has 2 aliphatic rings. The minimum atomic E-state index is 0.296. The van der Waals surface area contributed by atoms with Crippen LogP contribution in [-0.4, -0.2) is 33.0 Å². The Morgan fingerprint density at radius 3 is 2.58 bits per heavy atom. The molecular formula is C21H25NO4. The third-order valence-corrected chi connectivity index (χ3v) is 5.47. The fourth-order valence-corrected chi connectivity index (χ4v) is 4.08. The van der Waals surface area contributed by atoms with Crippen LogP contribution in [0.15, 0.2) is 24.3 Å². The summed E-state index contributed by atoms with van der Waals surface area (Å²) in [5.74, 6) is 3.34. The first-order chi connectivity index (χ1) is 12.7. The van der Waals surface area contributed by atoms with Crippen LogP contribution in [0, 0.1) is 0 Å². The summed E-state index contributed by atoms with van der Waals surface area (Å²) in [6.45, 7) is 3.31. The van der Waals surface area contributed by atoms with Crippen LogP contribution in [0.1, 0.15) is 35.2 Å². The van der Waals surface area contributed by atoms with Gasteiger partial charge < -0.3 is 18.9 Å². The van der Waals surface area contributed by atoms with Gasteiger partial charge in [0.25, 0.3) is 0 Å². The normalized spacial score (nSPS) is 18.5. The summed E-state index contributed by atoms with van der Waals surface area (Å²) in [5.41, 5.74) is 5.16. The summed E-state index contributed by atoms with van der Waals surface area (Å²) in [7, 11) is 5.55. The van der Waals surface area contributed by atoms with E-state index in [1.807, 2.05) is 6.07 Å². The van der Waals surface area contributed by atoms with Crippen LogP contribution in [0.3, 0.4) is 0 Å². The number of aryl methyl sites for hydroxylation is 1. The van der Waals surface area contributed by atoms with Crippen molar-refractivity contribution < 1.29 is 18.9 Å². The highest BCUT2D eigenvalue weighted by Crippen LogP contribution is 2.44. The van der Waals surface area contributed by atoms with Gasteiger partial charge in [0, 0.05) is 18.2 Å². The topological polar surface area (TPSA) is 40.2 Å². The van der Waals surface area contributed by atoms with E-state index in [9.17, 15) is 0 Å². The molecule has 5 nitrogen and oxygen atoms in total. The standard InChI is InChI=1S/C21H25NO4/c1-5-13-9-19-20(26-12-25-19)10-15(13)17-8-14-6-7-18(23-3)21(24-4)16(14)11-22(17)2/h6-7,9-10,17H,5,8,11-12H2,1-4H3. The van der Waals surface area contributed by atoms with Crippen LogP contribution in [0.4, 0.5) is 0 Å². The Morgan fingerprint density at radius 2 is 1.88 bits per heavy atom. The number of methoxy groups -OCH3 is 2. The van der Waals surface area contributed by atoms with Gasteiger partial charge in [-0.15, -0.1) is 0 Å². The van der Waals surface area contributed by atoms with Crippen LogP contribution >= 0.6 is 0 Å². The number of fused-ring (bicyclic) bond motifs is 2. The van der Waals surface area contributed by atoms with E-state index in [2.05, 4.69) is 37.1 Å². The zero-order chi connectivity index (χ0) is 18.3. The molecule has 2 aromatic carbocycles. The van der Waals surface area contributed by atoms with E-state index in [1.54, 1.807) is 14.2 Å². The van der Waals surface area contributed by atoms with Gasteiger partial charge in [-0.25, -0.2) is 0 Å². The van der Waals surface area contributed by atoms with Crippen molar-refractivity contribution >= 4 is 0 Å². The molecule has 2 heterocycles. The highest BCUT2D eigenvalue weighted by molar-refractivity contribution is 5.54. The van der Waals surface area contributed by atoms with Crippen molar-refractivity contribution in [1.29, 1.82) is 0 Å². The highest BCUT2D eigenvalue weighted by Gasteiger charge is 2.31. The molecule has 0 saturated carbocycles. The minimum absolute atomic E-state index is 0.296. The number of benzene rings is 2. The van der Waals surface area contributed by atoms with Gasteiger partial charge in [-0.05, 0) is 54.8 Å². The third-order valence-electron chi connectivity index (χ3n) is 5.47. The van der Waals surface area contributed by atoms with E-state index in [0.717, 1.165) is 42.4 Å². The van der Waals surface area contributed by atoms with Crippen LogP contribution in [-0.2, 0) is 19.4 Å². The van der Waals surface area contributed by atoms with Gasteiger partial charge in [0.15, 0.2) is 23.0 Å². The first-order valence-corrected chi connectivity index (χ1v) is 9.01. The number of likely N-dealkylation sites (N-methyl/N-ethyl adjacent to an activating group) is 1. The van der Waals surface area contributed by atoms with Crippen molar-refractivity contribution in [3.63, 3.8) is 0 Å². The van der Waals surface area contributed by atoms with Gasteiger partial charge in [-0.3, -0.25) is 4.90 Å². The monoisotopic (exact) mass is 355 g/mol. The summed E-state index contributed by atoms with van der Waals surface area (Å²) in [5, 5.41) is 0. The molecule has 0 saturated heterocycles. The second kappa shape index (κ2) is 6.72. The lowest BCUT2D eigenvalue weighted by Crippen LogP contribution is -2.32. The minimum Gasteiger partial charge on any atom is -0.493 e. The van der Waals surface area contributed by atoms with Crippen LogP contribution in [0.5, 0.6) is 23.0 Å². The molecule has 0 bridgehead atoms. The molecule has 0 aliphatic carbocycles. The SMILES string of the molecule is CCc1cc2c(cc1C1Cc3ccc(OC)c(OC)c3CN1C)OCO2. The summed E-state index contributed by atoms with van der Waals surface area (Å²) < 4.78 is 22.3. The maximum absolute atomic E-state index is 5.64. The highest BCUT2D eigenvalue weighted by atomic mass is 16.7. The molecule has 0 spiro atoms. The van der Waals surface area contributed by atoms with Gasteiger partial charge >= 0.3 is 0 Å². The molecule has 0 N–H and O–H groups in total. The smallest absolute Gasteiger partial charge is 0.231 e. The Morgan fingerprint density at radius 1 is 1.12 bits per heavy atom. The van der Waals surface area contributed by atoms with Crippen molar-refractivity contribution in [2.75, 3.05) is 28.1 Å². The number of hydrogen-bond donors (Lipinski definition) is 0. The second-order valence-electron chi connectivity index (χ2n) is 6.83. The zero-order valence-corrected chi connectivity index (χ0v) is 15.8. The molecule has 1 unspecified atom stereocenters. The first-order valence-electron chi connectivity index (χ1n) is 9.01. The van der Waals surface area contributed by atoms with Crippen molar-refractivity contribution in [1.82, 2.24) is 4.90 Å². The lowest BCUT2D eigenvalue weighted by atomic mass is 9.87. The maximum Gasteiger partial charge on any atom is 0.231 e. The molecule has 0 aromatic heterocycles. The molecule has 26 heavy (non-hydrogen) atoms. The largest absolute Gasteiger partial charge is 0.493 e. The van der Waals surface area contributed by atoms with Gasteiger partial charge in [-0.2, -0.15) is 0 Å². The lowest BCUT2D eigenvalue weighted by Gasteiger charge is -2.36. The first kappa shape index (κ1) is 17.0. The van der Waals surface area contributed by atoms with Gasteiger partial charge in [0.05, 0.1) is 14.2 Å². The Hall–Kier alpha value is -2.40. The van der Waals surface area contributed by atoms with Crippen molar-refractivity contribution in [2.24, 2.45) is 0 Å². The number of rotatable bonds is 4. The Kier molecular flexibility index (Phi) is 4.41. The average Bonchev–Trinajstić information content (AvgIpc) is 3.12. The molecule has 138 valence electrons. The molecule has 0 amide bonds. The average molecular weight is 355 g/mol. The van der Waals surface area contributed by atoms with E-state index in [0.29, 0.717) is 12.8 Å². The van der Waals surface area contributed by atoms with Crippen LogP contribution < -0.4 is 18.9 Å². The molecule has 0 radical (unpaired) electrons. The summed E-state index contributed by atoms with van der Waals surface area (Å²) in [6, 6.07) is 8.75. The van der Waals surface area contributed by atoms with E-state index in [4.69, 9.17) is 18.9 Å². The molecule has 5 heteroatoms. The van der Waals surface area contributed by atoms with E-state index in [1.165, 1.54) is 22.3 Å². The summed E-state index contributed by atoms with van der Waals surface area (Å²) in [6.07, 6.45) is 1.90. The fourth-order valence-electron chi connectivity index (χ4n) is 4.08. The Labute approximate surface area is 154 Å². The van der Waals surface area contributed by atoms with Crippen molar-refractivity contribution in [3.05, 3.63) is 46.5 Å². The van der Waals surface area contributed by atoms with E-state index in [-0.39, 0.29) is 0 Å². The van der Waals surface area contributed by atoms with Crippen LogP contribution in [0.25, 0.3) is 0 Å². The van der Waals surface area contributed by atoms with Gasteiger partial charge in [0.1, 0.15) is 0 Å². The number of hydrogen-bond acceptors (Lipinski definition) is 5. The summed E-state index contributed by atoms with van der Waals surface area (Å²) in [4.78, 5) is 2.38. The maximum atomic E-state index is 5.64. The predicted octanol–water partition coefficient (Wildman–Crippen LogP) is 3.72. The number of nitrogens with zero attached hydrogens (tertiary/aromatic N) is 1. The van der Waals surface area contributed by atoms with Crippen molar-refractivity contribution in [3.8, 4) is 23.0 Å². The molecular weight excluding hydrogens is 330 g/mol. The fraction of sp³-hybridized carbons (Fsp3) is 0.429. The molecule has 4 rings (SSSR count). The molecule has 2 aliphatic heterocycles. The Balaban J connectivity index is 1.75. The zero-order valence-electron chi connectivity index (χ0n) is 15.8. The van der Waals surface area contributed by atoms with Gasteiger partial charge in [0.2, 0.25) is 6.79 Å². The van der Waals surface area contributed by atoms with Crippen molar-refractivity contribution in [2.45, 2.75) is 32.4 Å². The Bertz CT molecular complexity index is 833.